The molecule has 2 atom stereocenters. The number of nitrogens with one attached hydrogen (secondary N) is 1. The highest BCUT2D eigenvalue weighted by molar-refractivity contribution is 5.85. The molecule has 0 saturated carbocycles. The zero-order chi connectivity index (χ0) is 8.27. The maximum Gasteiger partial charge on any atom is 0.320 e. The smallest absolute Gasteiger partial charge is 0.320 e. The van der Waals surface area contributed by atoms with Crippen LogP contribution in [0.4, 0.5) is 0 Å². The molecule has 1 saturated heterocycles. The van der Waals surface area contributed by atoms with Crippen molar-refractivity contribution in [3.63, 3.8) is 0 Å². The quantitative estimate of drug-likeness (QED) is 0.591. The van der Waals surface area contributed by atoms with Gasteiger partial charge in [0.2, 0.25) is 0 Å². The summed E-state index contributed by atoms with van der Waals surface area (Å²) in [6, 6.07) is -0.388. The summed E-state index contributed by atoms with van der Waals surface area (Å²) in [4.78, 5) is 10.4. The van der Waals surface area contributed by atoms with E-state index in [1.54, 1.807) is 6.92 Å². The molecular formula is C8H12ClNO2. The van der Waals surface area contributed by atoms with Gasteiger partial charge in [-0.05, 0) is 13.3 Å². The topological polar surface area (TPSA) is 49.3 Å². The number of carboxylic acids is 1. The highest BCUT2D eigenvalue weighted by Crippen LogP contribution is 2.12. The average molecular weight is 190 g/mol. The lowest BCUT2D eigenvalue weighted by atomic mass is 10.1. The third-order valence-electron chi connectivity index (χ3n) is 1.78. The van der Waals surface area contributed by atoms with Crippen molar-refractivity contribution >= 4 is 18.4 Å². The Hall–Kier alpha value is -0.720. The predicted molar refractivity (Wildman–Crippen MR) is 48.2 cm³/mol. The number of carboxylic acid groups (broad SMARTS) is 1. The molecule has 12 heavy (non-hydrogen) atoms. The van der Waals surface area contributed by atoms with Gasteiger partial charge in [-0.25, -0.2) is 0 Å². The van der Waals surface area contributed by atoms with Gasteiger partial charge in [0.25, 0.3) is 0 Å². The van der Waals surface area contributed by atoms with Crippen molar-refractivity contribution in [1.82, 2.24) is 5.32 Å². The number of carbonyl (C=O) groups is 1. The summed E-state index contributed by atoms with van der Waals surface area (Å²) >= 11 is 0. The maximum absolute atomic E-state index is 10.4. The van der Waals surface area contributed by atoms with Crippen molar-refractivity contribution in [2.75, 3.05) is 6.54 Å². The fraction of sp³-hybridized carbons (Fsp3) is 0.625. The largest absolute Gasteiger partial charge is 0.480 e. The zero-order valence-corrected chi connectivity index (χ0v) is 7.65. The highest BCUT2D eigenvalue weighted by atomic mass is 35.5. The Balaban J connectivity index is 0.00000121. The van der Waals surface area contributed by atoms with Crippen LogP contribution in [0.3, 0.4) is 0 Å². The third-order valence-corrected chi connectivity index (χ3v) is 1.78. The SMILES string of the molecule is CC#C[C@@H]1CN[C@H](C(=O)O)C1.Cl. The van der Waals surface area contributed by atoms with Gasteiger partial charge in [-0.15, -0.1) is 18.3 Å². The van der Waals surface area contributed by atoms with E-state index in [-0.39, 0.29) is 24.4 Å². The fourth-order valence-corrected chi connectivity index (χ4v) is 1.24. The van der Waals surface area contributed by atoms with E-state index in [4.69, 9.17) is 5.11 Å². The molecule has 1 aliphatic heterocycles. The van der Waals surface area contributed by atoms with Crippen LogP contribution >= 0.6 is 12.4 Å². The van der Waals surface area contributed by atoms with Gasteiger partial charge in [0, 0.05) is 12.5 Å². The Morgan fingerprint density at radius 1 is 1.67 bits per heavy atom. The first kappa shape index (κ1) is 11.3. The molecule has 1 heterocycles. The second-order valence-corrected chi connectivity index (χ2v) is 2.63. The molecule has 0 unspecified atom stereocenters. The minimum Gasteiger partial charge on any atom is -0.480 e. The normalized spacial score (nSPS) is 26.8. The van der Waals surface area contributed by atoms with Crippen molar-refractivity contribution in [3.05, 3.63) is 0 Å². The van der Waals surface area contributed by atoms with Crippen molar-refractivity contribution in [2.24, 2.45) is 5.92 Å². The van der Waals surface area contributed by atoms with Crippen LogP contribution in [0.5, 0.6) is 0 Å². The van der Waals surface area contributed by atoms with Crippen LogP contribution in [0.15, 0.2) is 0 Å². The molecular weight excluding hydrogens is 178 g/mol. The van der Waals surface area contributed by atoms with Crippen molar-refractivity contribution < 1.29 is 9.90 Å². The number of hydrogen-bond acceptors (Lipinski definition) is 2. The maximum atomic E-state index is 10.4. The standard InChI is InChI=1S/C8H11NO2.ClH/c1-2-3-6-4-7(8(10)11)9-5-6;/h6-7,9H,4-5H2,1H3,(H,10,11);1H/t6-,7-;/m0./s1. The van der Waals surface area contributed by atoms with Crippen LogP contribution in [0, 0.1) is 17.8 Å². The van der Waals surface area contributed by atoms with Crippen LogP contribution in [0.25, 0.3) is 0 Å². The molecule has 0 bridgehead atoms. The number of rotatable bonds is 1. The van der Waals surface area contributed by atoms with E-state index in [0.29, 0.717) is 13.0 Å². The lowest BCUT2D eigenvalue weighted by molar-refractivity contribution is -0.139. The molecule has 0 aliphatic carbocycles. The molecule has 2 N–H and O–H groups in total. The summed E-state index contributed by atoms with van der Waals surface area (Å²) < 4.78 is 0. The molecule has 68 valence electrons. The number of halogens is 1. The van der Waals surface area contributed by atoms with Gasteiger partial charge in [0.05, 0.1) is 0 Å². The molecule has 1 rings (SSSR count). The summed E-state index contributed by atoms with van der Waals surface area (Å²) in [6.07, 6.45) is 0.635. The predicted octanol–water partition coefficient (Wildman–Crippen LogP) is 0.494. The number of aliphatic carboxylic acids is 1. The van der Waals surface area contributed by atoms with Crippen molar-refractivity contribution in [1.29, 1.82) is 0 Å². The second-order valence-electron chi connectivity index (χ2n) is 2.63. The molecule has 0 aromatic heterocycles. The molecule has 1 fully saturated rings. The Labute approximate surface area is 77.9 Å². The summed E-state index contributed by atoms with van der Waals surface area (Å²) in [6.45, 7) is 2.48. The van der Waals surface area contributed by atoms with E-state index in [0.717, 1.165) is 0 Å². The molecule has 0 aromatic carbocycles. The van der Waals surface area contributed by atoms with Crippen LogP contribution < -0.4 is 5.32 Å². The third kappa shape index (κ3) is 2.72. The Morgan fingerprint density at radius 3 is 2.75 bits per heavy atom. The van der Waals surface area contributed by atoms with Crippen LogP contribution in [-0.4, -0.2) is 23.7 Å². The van der Waals surface area contributed by atoms with Gasteiger partial charge < -0.3 is 10.4 Å². The number of hydrogen-bond donors (Lipinski definition) is 2. The molecule has 0 amide bonds. The average Bonchev–Trinajstić information content (AvgIpc) is 2.37. The minimum atomic E-state index is -0.773. The minimum absolute atomic E-state index is 0. The van der Waals surface area contributed by atoms with Gasteiger partial charge in [-0.3, -0.25) is 4.79 Å². The van der Waals surface area contributed by atoms with Gasteiger partial charge in [-0.1, -0.05) is 5.92 Å². The molecule has 0 radical (unpaired) electrons. The molecule has 3 nitrogen and oxygen atoms in total. The zero-order valence-electron chi connectivity index (χ0n) is 6.83. The monoisotopic (exact) mass is 189 g/mol. The van der Waals surface area contributed by atoms with Crippen molar-refractivity contribution in [3.8, 4) is 11.8 Å². The van der Waals surface area contributed by atoms with Gasteiger partial charge in [0.1, 0.15) is 6.04 Å². The molecule has 4 heteroatoms. The Bertz CT molecular complexity index is 219. The first-order valence-corrected chi connectivity index (χ1v) is 3.62. The molecule has 0 aromatic rings. The summed E-state index contributed by atoms with van der Waals surface area (Å²) in [5.74, 6) is 5.19. The Kier molecular flexibility index (Phi) is 4.72. The van der Waals surface area contributed by atoms with Crippen LogP contribution in [0.1, 0.15) is 13.3 Å². The van der Waals surface area contributed by atoms with E-state index >= 15 is 0 Å². The van der Waals surface area contributed by atoms with Crippen molar-refractivity contribution in [2.45, 2.75) is 19.4 Å². The molecule has 0 spiro atoms. The van der Waals surface area contributed by atoms with E-state index in [9.17, 15) is 4.79 Å². The summed E-state index contributed by atoms with van der Waals surface area (Å²) in [7, 11) is 0. The van der Waals surface area contributed by atoms with E-state index in [1.165, 1.54) is 0 Å². The summed E-state index contributed by atoms with van der Waals surface area (Å²) in [5.41, 5.74) is 0. The van der Waals surface area contributed by atoms with Crippen LogP contribution in [-0.2, 0) is 4.79 Å². The first-order valence-electron chi connectivity index (χ1n) is 3.62. The van der Waals surface area contributed by atoms with E-state index in [1.807, 2.05) is 0 Å². The summed E-state index contributed by atoms with van der Waals surface area (Å²) in [5, 5.41) is 11.5. The second kappa shape index (κ2) is 5.02. The lowest BCUT2D eigenvalue weighted by Crippen LogP contribution is -2.29. The molecule has 1 aliphatic rings. The Morgan fingerprint density at radius 2 is 2.33 bits per heavy atom. The highest BCUT2D eigenvalue weighted by Gasteiger charge is 2.27. The van der Waals surface area contributed by atoms with Gasteiger partial charge in [-0.2, -0.15) is 0 Å². The lowest BCUT2D eigenvalue weighted by Gasteiger charge is -2.00. The van der Waals surface area contributed by atoms with E-state index < -0.39 is 5.97 Å². The van der Waals surface area contributed by atoms with E-state index in [2.05, 4.69) is 17.2 Å². The first-order chi connectivity index (χ1) is 5.24. The van der Waals surface area contributed by atoms with Crippen LogP contribution in [0.2, 0.25) is 0 Å². The van der Waals surface area contributed by atoms with Gasteiger partial charge in [0.15, 0.2) is 0 Å². The van der Waals surface area contributed by atoms with Gasteiger partial charge >= 0.3 is 5.97 Å². The fourth-order valence-electron chi connectivity index (χ4n) is 1.24.